The van der Waals surface area contributed by atoms with Gasteiger partial charge in [0, 0.05) is 12.2 Å². The molecule has 0 aromatic heterocycles. The van der Waals surface area contributed by atoms with E-state index in [1.54, 1.807) is 45.2 Å². The van der Waals surface area contributed by atoms with Crippen molar-refractivity contribution in [3.05, 3.63) is 60.2 Å². The molecule has 0 saturated heterocycles. The van der Waals surface area contributed by atoms with Crippen molar-refractivity contribution in [3.63, 3.8) is 0 Å². The molecule has 5 nitrogen and oxygen atoms in total. The standard InChI is InChI=1S/C21H26N2O3/c1-21(2,20(25)23-17-11-13-18(26-3)14-12-17)19(24)22-15-7-10-16-8-5-4-6-9-16/h4-6,8-9,11-14H,7,10,15H2,1-3H3,(H,22,24)(H,23,25). The van der Waals surface area contributed by atoms with Gasteiger partial charge in [-0.3, -0.25) is 9.59 Å². The molecule has 0 aliphatic heterocycles. The summed E-state index contributed by atoms with van der Waals surface area (Å²) in [6.07, 6.45) is 1.71. The van der Waals surface area contributed by atoms with Crippen LogP contribution in [0.3, 0.4) is 0 Å². The number of methoxy groups -OCH3 is 1. The summed E-state index contributed by atoms with van der Waals surface area (Å²) in [7, 11) is 1.58. The maximum absolute atomic E-state index is 12.5. The van der Waals surface area contributed by atoms with E-state index in [4.69, 9.17) is 4.74 Å². The summed E-state index contributed by atoms with van der Waals surface area (Å²) in [5.41, 5.74) is 0.700. The van der Waals surface area contributed by atoms with E-state index in [0.717, 1.165) is 12.8 Å². The Morgan fingerprint density at radius 2 is 1.62 bits per heavy atom. The van der Waals surface area contributed by atoms with Gasteiger partial charge in [0.15, 0.2) is 0 Å². The number of carbonyl (C=O) groups is 2. The monoisotopic (exact) mass is 354 g/mol. The van der Waals surface area contributed by atoms with Crippen LogP contribution in [0, 0.1) is 5.41 Å². The predicted octanol–water partition coefficient (Wildman–Crippen LogP) is 3.41. The molecule has 2 rings (SSSR count). The lowest BCUT2D eigenvalue weighted by Crippen LogP contribution is -2.45. The van der Waals surface area contributed by atoms with E-state index < -0.39 is 5.41 Å². The Labute approximate surface area is 154 Å². The van der Waals surface area contributed by atoms with Gasteiger partial charge < -0.3 is 15.4 Å². The van der Waals surface area contributed by atoms with Crippen LogP contribution >= 0.6 is 0 Å². The zero-order valence-electron chi connectivity index (χ0n) is 15.5. The highest BCUT2D eigenvalue weighted by Gasteiger charge is 2.35. The van der Waals surface area contributed by atoms with Crippen molar-refractivity contribution in [1.29, 1.82) is 0 Å². The van der Waals surface area contributed by atoms with Crippen molar-refractivity contribution in [1.82, 2.24) is 5.32 Å². The molecule has 2 N–H and O–H groups in total. The fraction of sp³-hybridized carbons (Fsp3) is 0.333. The van der Waals surface area contributed by atoms with Gasteiger partial charge >= 0.3 is 0 Å². The number of ether oxygens (including phenoxy) is 1. The van der Waals surface area contributed by atoms with Gasteiger partial charge in [-0.1, -0.05) is 30.3 Å². The van der Waals surface area contributed by atoms with Crippen LogP contribution in [0.1, 0.15) is 25.8 Å². The summed E-state index contributed by atoms with van der Waals surface area (Å²) in [6, 6.07) is 17.1. The first-order chi connectivity index (χ1) is 12.4. The molecule has 0 fully saturated rings. The number of anilines is 1. The lowest BCUT2D eigenvalue weighted by molar-refractivity contribution is -0.138. The van der Waals surface area contributed by atoms with E-state index in [-0.39, 0.29) is 11.8 Å². The summed E-state index contributed by atoms with van der Waals surface area (Å²) in [5, 5.41) is 5.63. The molecule has 0 aliphatic carbocycles. The van der Waals surface area contributed by atoms with Crippen LogP contribution in [-0.2, 0) is 16.0 Å². The summed E-state index contributed by atoms with van der Waals surface area (Å²) >= 11 is 0. The average molecular weight is 354 g/mol. The minimum Gasteiger partial charge on any atom is -0.497 e. The van der Waals surface area contributed by atoms with E-state index >= 15 is 0 Å². The van der Waals surface area contributed by atoms with Gasteiger partial charge in [0.2, 0.25) is 11.8 Å². The fourth-order valence-corrected chi connectivity index (χ4v) is 2.42. The molecule has 0 unspecified atom stereocenters. The molecule has 0 heterocycles. The number of amides is 2. The number of aryl methyl sites for hydroxylation is 1. The molecule has 0 spiro atoms. The van der Waals surface area contributed by atoms with Crippen molar-refractivity contribution in [2.45, 2.75) is 26.7 Å². The van der Waals surface area contributed by atoms with Gasteiger partial charge in [0.1, 0.15) is 11.2 Å². The Morgan fingerprint density at radius 3 is 2.23 bits per heavy atom. The second kappa shape index (κ2) is 9.04. The van der Waals surface area contributed by atoms with Gasteiger partial charge in [-0.25, -0.2) is 0 Å². The van der Waals surface area contributed by atoms with E-state index in [2.05, 4.69) is 22.8 Å². The molecule has 0 aliphatic rings. The van der Waals surface area contributed by atoms with Gasteiger partial charge in [0.05, 0.1) is 7.11 Å². The molecule has 2 amide bonds. The first-order valence-corrected chi connectivity index (χ1v) is 8.71. The van der Waals surface area contributed by atoms with Crippen LogP contribution in [0.15, 0.2) is 54.6 Å². The summed E-state index contributed by atoms with van der Waals surface area (Å²) in [4.78, 5) is 24.9. The van der Waals surface area contributed by atoms with Crippen LogP contribution in [0.2, 0.25) is 0 Å². The summed E-state index contributed by atoms with van der Waals surface area (Å²) < 4.78 is 5.09. The van der Waals surface area contributed by atoms with Crippen molar-refractivity contribution >= 4 is 17.5 Å². The van der Waals surface area contributed by atoms with Crippen LogP contribution in [0.25, 0.3) is 0 Å². The maximum Gasteiger partial charge on any atom is 0.239 e. The average Bonchev–Trinajstić information content (AvgIpc) is 2.66. The highest BCUT2D eigenvalue weighted by Crippen LogP contribution is 2.21. The lowest BCUT2D eigenvalue weighted by atomic mass is 9.91. The fourth-order valence-electron chi connectivity index (χ4n) is 2.42. The number of nitrogens with one attached hydrogen (secondary N) is 2. The topological polar surface area (TPSA) is 67.4 Å². The molecule has 26 heavy (non-hydrogen) atoms. The third-order valence-electron chi connectivity index (χ3n) is 4.25. The molecular formula is C21H26N2O3. The van der Waals surface area contributed by atoms with E-state index in [0.29, 0.717) is 18.0 Å². The molecule has 0 bridgehead atoms. The number of rotatable bonds is 8. The largest absolute Gasteiger partial charge is 0.497 e. The number of carbonyl (C=O) groups excluding carboxylic acids is 2. The normalized spacial score (nSPS) is 10.9. The second-order valence-corrected chi connectivity index (χ2v) is 6.65. The van der Waals surface area contributed by atoms with Gasteiger partial charge in [-0.2, -0.15) is 0 Å². The van der Waals surface area contributed by atoms with Crippen molar-refractivity contribution < 1.29 is 14.3 Å². The number of benzene rings is 2. The van der Waals surface area contributed by atoms with Gasteiger partial charge in [-0.05, 0) is 56.5 Å². The highest BCUT2D eigenvalue weighted by molar-refractivity contribution is 6.09. The Balaban J connectivity index is 1.82. The quantitative estimate of drug-likeness (QED) is 0.564. The maximum atomic E-state index is 12.5. The Bertz CT molecular complexity index is 725. The molecule has 5 heteroatoms. The van der Waals surface area contributed by atoms with Crippen molar-refractivity contribution in [2.24, 2.45) is 5.41 Å². The van der Waals surface area contributed by atoms with Crippen LogP contribution in [0.4, 0.5) is 5.69 Å². The first-order valence-electron chi connectivity index (χ1n) is 8.71. The Hall–Kier alpha value is -2.82. The molecule has 0 saturated carbocycles. The number of hydrogen-bond acceptors (Lipinski definition) is 3. The van der Waals surface area contributed by atoms with Crippen molar-refractivity contribution in [2.75, 3.05) is 19.0 Å². The molecule has 138 valence electrons. The van der Waals surface area contributed by atoms with Crippen molar-refractivity contribution in [3.8, 4) is 5.75 Å². The third kappa shape index (κ3) is 5.34. The van der Waals surface area contributed by atoms with E-state index in [1.807, 2.05) is 18.2 Å². The zero-order valence-corrected chi connectivity index (χ0v) is 15.5. The Morgan fingerprint density at radius 1 is 0.962 bits per heavy atom. The second-order valence-electron chi connectivity index (χ2n) is 6.65. The third-order valence-corrected chi connectivity index (χ3v) is 4.25. The molecule has 2 aromatic carbocycles. The summed E-state index contributed by atoms with van der Waals surface area (Å²) in [6.45, 7) is 3.78. The SMILES string of the molecule is COc1ccc(NC(=O)C(C)(C)C(=O)NCCCc2ccccc2)cc1. The molecular weight excluding hydrogens is 328 g/mol. The van der Waals surface area contributed by atoms with Crippen LogP contribution in [0.5, 0.6) is 5.75 Å². The minimum absolute atomic E-state index is 0.281. The molecule has 0 radical (unpaired) electrons. The summed E-state index contributed by atoms with van der Waals surface area (Å²) in [5.74, 6) is 0.0817. The minimum atomic E-state index is -1.16. The van der Waals surface area contributed by atoms with Gasteiger partial charge in [-0.15, -0.1) is 0 Å². The first kappa shape index (κ1) is 19.5. The van der Waals surface area contributed by atoms with E-state index in [9.17, 15) is 9.59 Å². The van der Waals surface area contributed by atoms with Crippen LogP contribution < -0.4 is 15.4 Å². The molecule has 0 atom stereocenters. The highest BCUT2D eigenvalue weighted by atomic mass is 16.5. The smallest absolute Gasteiger partial charge is 0.239 e. The van der Waals surface area contributed by atoms with E-state index in [1.165, 1.54) is 5.56 Å². The van der Waals surface area contributed by atoms with Crippen LogP contribution in [-0.4, -0.2) is 25.5 Å². The lowest BCUT2D eigenvalue weighted by Gasteiger charge is -2.22. The Kier molecular flexibility index (Phi) is 6.78. The molecule has 2 aromatic rings. The van der Waals surface area contributed by atoms with Gasteiger partial charge in [0.25, 0.3) is 0 Å². The predicted molar refractivity (Wildman–Crippen MR) is 103 cm³/mol. The number of hydrogen-bond donors (Lipinski definition) is 2. The zero-order chi connectivity index (χ0) is 19.0.